The van der Waals surface area contributed by atoms with Gasteiger partial charge in [-0.05, 0) is 31.5 Å². The highest BCUT2D eigenvalue weighted by Gasteiger charge is 2.17. The summed E-state index contributed by atoms with van der Waals surface area (Å²) in [5.41, 5.74) is 0.226. The number of carbonyl (C=O) groups excluding carboxylic acids is 1. The van der Waals surface area contributed by atoms with Gasteiger partial charge in [0.05, 0.1) is 18.4 Å². The summed E-state index contributed by atoms with van der Waals surface area (Å²) in [7, 11) is 0. The fourth-order valence-corrected chi connectivity index (χ4v) is 1.78. The van der Waals surface area contributed by atoms with Gasteiger partial charge in [0.1, 0.15) is 17.4 Å². The van der Waals surface area contributed by atoms with Crippen LogP contribution in [0.25, 0.3) is 0 Å². The third-order valence-electron chi connectivity index (χ3n) is 2.78. The number of benzene rings is 1. The summed E-state index contributed by atoms with van der Waals surface area (Å²) in [6.07, 6.45) is 2.79. The van der Waals surface area contributed by atoms with Crippen molar-refractivity contribution < 1.29 is 18.3 Å². The molecule has 0 spiro atoms. The highest BCUT2D eigenvalue weighted by atomic mass is 19.1. The molecule has 0 radical (unpaired) electrons. The first-order valence-electron chi connectivity index (χ1n) is 6.11. The fraction of sp³-hybridized carbons (Fsp3) is 0.200. The van der Waals surface area contributed by atoms with Crippen LogP contribution in [0.1, 0.15) is 28.4 Å². The lowest BCUT2D eigenvalue weighted by Gasteiger charge is -2.07. The maximum absolute atomic E-state index is 13.7. The van der Waals surface area contributed by atoms with Crippen LogP contribution in [0.5, 0.6) is 5.75 Å². The van der Waals surface area contributed by atoms with Gasteiger partial charge in [-0.3, -0.25) is 9.78 Å². The van der Waals surface area contributed by atoms with Crippen LogP contribution in [0, 0.1) is 18.6 Å². The SMILES string of the molecule is CCOc1cncc(C(=O)c2cc(C)c(F)cc2F)c1. The maximum atomic E-state index is 13.7. The van der Waals surface area contributed by atoms with Crippen molar-refractivity contribution in [2.45, 2.75) is 13.8 Å². The van der Waals surface area contributed by atoms with E-state index >= 15 is 0 Å². The van der Waals surface area contributed by atoms with Gasteiger partial charge in [-0.25, -0.2) is 8.78 Å². The van der Waals surface area contributed by atoms with E-state index in [-0.39, 0.29) is 16.7 Å². The number of aromatic nitrogens is 1. The molecule has 104 valence electrons. The van der Waals surface area contributed by atoms with E-state index in [9.17, 15) is 13.6 Å². The molecular formula is C15H13F2NO2. The summed E-state index contributed by atoms with van der Waals surface area (Å²) in [6.45, 7) is 3.71. The molecule has 3 nitrogen and oxygen atoms in total. The minimum absolute atomic E-state index is 0.181. The highest BCUT2D eigenvalue weighted by Crippen LogP contribution is 2.19. The third-order valence-corrected chi connectivity index (χ3v) is 2.78. The van der Waals surface area contributed by atoms with E-state index in [1.165, 1.54) is 31.5 Å². The van der Waals surface area contributed by atoms with Gasteiger partial charge in [0, 0.05) is 17.8 Å². The van der Waals surface area contributed by atoms with E-state index < -0.39 is 17.4 Å². The van der Waals surface area contributed by atoms with Crippen LogP contribution >= 0.6 is 0 Å². The summed E-state index contributed by atoms with van der Waals surface area (Å²) in [6, 6.07) is 3.39. The number of ether oxygens (including phenoxy) is 1. The predicted molar refractivity (Wildman–Crippen MR) is 69.9 cm³/mol. The van der Waals surface area contributed by atoms with E-state index in [0.29, 0.717) is 18.4 Å². The second kappa shape index (κ2) is 5.77. The summed E-state index contributed by atoms with van der Waals surface area (Å²) >= 11 is 0. The van der Waals surface area contributed by atoms with Gasteiger partial charge >= 0.3 is 0 Å². The topological polar surface area (TPSA) is 39.2 Å². The van der Waals surface area contributed by atoms with E-state index in [1.54, 1.807) is 6.92 Å². The molecule has 0 aliphatic carbocycles. The molecule has 1 aromatic heterocycles. The summed E-state index contributed by atoms with van der Waals surface area (Å²) in [4.78, 5) is 16.1. The Morgan fingerprint density at radius 2 is 1.95 bits per heavy atom. The first-order chi connectivity index (χ1) is 9.52. The molecule has 0 aliphatic rings. The molecule has 20 heavy (non-hydrogen) atoms. The molecule has 0 N–H and O–H groups in total. The second-order valence-corrected chi connectivity index (χ2v) is 4.25. The standard InChI is InChI=1S/C15H13F2NO2/c1-3-20-11-5-10(7-18-8-11)15(19)12-4-9(2)13(16)6-14(12)17/h4-8H,3H2,1-2H3. The van der Waals surface area contributed by atoms with Crippen LogP contribution in [-0.4, -0.2) is 17.4 Å². The molecule has 0 saturated carbocycles. The van der Waals surface area contributed by atoms with E-state index in [0.717, 1.165) is 0 Å². The van der Waals surface area contributed by atoms with Crippen molar-refractivity contribution in [3.8, 4) is 5.75 Å². The van der Waals surface area contributed by atoms with E-state index in [4.69, 9.17) is 4.74 Å². The molecule has 0 unspecified atom stereocenters. The lowest BCUT2D eigenvalue weighted by Crippen LogP contribution is -2.07. The molecule has 0 aliphatic heterocycles. The lowest BCUT2D eigenvalue weighted by molar-refractivity contribution is 0.103. The number of hydrogen-bond acceptors (Lipinski definition) is 3. The molecular weight excluding hydrogens is 264 g/mol. The smallest absolute Gasteiger partial charge is 0.197 e. The predicted octanol–water partition coefficient (Wildman–Crippen LogP) is 3.30. The summed E-state index contributed by atoms with van der Waals surface area (Å²) < 4.78 is 32.1. The van der Waals surface area contributed by atoms with Crippen molar-refractivity contribution >= 4 is 5.78 Å². The van der Waals surface area contributed by atoms with Crippen LogP contribution in [0.15, 0.2) is 30.6 Å². The zero-order valence-corrected chi connectivity index (χ0v) is 11.1. The molecule has 2 aromatic rings. The number of nitrogens with zero attached hydrogens (tertiary/aromatic N) is 1. The van der Waals surface area contributed by atoms with Crippen LogP contribution in [0.4, 0.5) is 8.78 Å². The number of rotatable bonds is 4. The largest absolute Gasteiger partial charge is 0.492 e. The van der Waals surface area contributed by atoms with Gasteiger partial charge in [-0.2, -0.15) is 0 Å². The van der Waals surface area contributed by atoms with Crippen molar-refractivity contribution in [1.29, 1.82) is 0 Å². The Labute approximate surface area is 115 Å². The molecule has 1 aromatic carbocycles. The molecule has 1 heterocycles. The van der Waals surface area contributed by atoms with Crippen LogP contribution in [-0.2, 0) is 0 Å². The minimum Gasteiger partial charge on any atom is -0.492 e. The Bertz CT molecular complexity index is 656. The number of aryl methyl sites for hydroxylation is 1. The molecule has 0 amide bonds. The van der Waals surface area contributed by atoms with Crippen molar-refractivity contribution in [2.75, 3.05) is 6.61 Å². The van der Waals surface area contributed by atoms with Gasteiger partial charge in [-0.1, -0.05) is 0 Å². The number of carbonyl (C=O) groups is 1. The van der Waals surface area contributed by atoms with Gasteiger partial charge in [0.2, 0.25) is 0 Å². The molecule has 0 atom stereocenters. The maximum Gasteiger partial charge on any atom is 0.197 e. The lowest BCUT2D eigenvalue weighted by atomic mass is 10.0. The number of ketones is 1. The first kappa shape index (κ1) is 14.1. The van der Waals surface area contributed by atoms with Gasteiger partial charge in [0.25, 0.3) is 0 Å². The zero-order valence-electron chi connectivity index (χ0n) is 11.1. The van der Waals surface area contributed by atoms with Crippen molar-refractivity contribution in [2.24, 2.45) is 0 Å². The Morgan fingerprint density at radius 3 is 2.65 bits per heavy atom. The van der Waals surface area contributed by atoms with Gasteiger partial charge in [0.15, 0.2) is 5.78 Å². The molecule has 0 bridgehead atoms. The van der Waals surface area contributed by atoms with Crippen molar-refractivity contribution in [3.05, 3.63) is 58.9 Å². The van der Waals surface area contributed by atoms with E-state index in [1.807, 2.05) is 0 Å². The second-order valence-electron chi connectivity index (χ2n) is 4.25. The molecule has 2 rings (SSSR count). The highest BCUT2D eigenvalue weighted by molar-refractivity contribution is 6.09. The number of hydrogen-bond donors (Lipinski definition) is 0. The first-order valence-corrected chi connectivity index (χ1v) is 6.11. The Balaban J connectivity index is 2.41. The average Bonchev–Trinajstić information content (AvgIpc) is 2.43. The third kappa shape index (κ3) is 2.82. The van der Waals surface area contributed by atoms with Crippen molar-refractivity contribution in [3.63, 3.8) is 0 Å². The van der Waals surface area contributed by atoms with Gasteiger partial charge < -0.3 is 4.74 Å². The fourth-order valence-electron chi connectivity index (χ4n) is 1.78. The monoisotopic (exact) mass is 277 g/mol. The molecule has 0 fully saturated rings. The van der Waals surface area contributed by atoms with Crippen LogP contribution in [0.3, 0.4) is 0 Å². The summed E-state index contributed by atoms with van der Waals surface area (Å²) in [5, 5.41) is 0. The quantitative estimate of drug-likeness (QED) is 0.805. The molecule has 0 saturated heterocycles. The minimum atomic E-state index is -0.889. The Kier molecular flexibility index (Phi) is 4.08. The van der Waals surface area contributed by atoms with Crippen molar-refractivity contribution in [1.82, 2.24) is 4.98 Å². The Morgan fingerprint density at radius 1 is 1.20 bits per heavy atom. The normalized spacial score (nSPS) is 10.4. The van der Waals surface area contributed by atoms with Gasteiger partial charge in [-0.15, -0.1) is 0 Å². The number of halogens is 2. The van der Waals surface area contributed by atoms with Crippen LogP contribution < -0.4 is 4.74 Å². The number of pyridine rings is 1. The van der Waals surface area contributed by atoms with E-state index in [2.05, 4.69) is 4.98 Å². The Hall–Kier alpha value is -2.30. The molecule has 5 heteroatoms. The average molecular weight is 277 g/mol. The summed E-state index contributed by atoms with van der Waals surface area (Å²) in [5.74, 6) is -1.70. The van der Waals surface area contributed by atoms with Crippen LogP contribution in [0.2, 0.25) is 0 Å². The zero-order chi connectivity index (χ0) is 14.7.